The molecule has 0 bridgehead atoms. The van der Waals surface area contributed by atoms with Crippen LogP contribution in [0.4, 0.5) is 10.1 Å². The third-order valence-electron chi connectivity index (χ3n) is 1.76. The zero-order valence-electron chi connectivity index (χ0n) is 7.83. The summed E-state index contributed by atoms with van der Waals surface area (Å²) in [5.41, 5.74) is 6.17. The molecule has 1 rings (SSSR count). The number of thioether (sulfide) groups is 1. The Hall–Kier alpha value is -1.21. The summed E-state index contributed by atoms with van der Waals surface area (Å²) in [5.74, 6) is -0.325. The van der Waals surface area contributed by atoms with Crippen molar-refractivity contribution in [2.75, 3.05) is 5.73 Å². The summed E-state index contributed by atoms with van der Waals surface area (Å²) in [6.45, 7) is 1.91. The minimum atomic E-state index is -0.325. The van der Waals surface area contributed by atoms with Gasteiger partial charge in [-0.3, -0.25) is 0 Å². The molecule has 1 aromatic carbocycles. The number of halogens is 1. The van der Waals surface area contributed by atoms with Crippen LogP contribution in [0, 0.1) is 17.1 Å². The Balaban J connectivity index is 2.86. The van der Waals surface area contributed by atoms with E-state index in [1.165, 1.54) is 30.0 Å². The third-order valence-corrected chi connectivity index (χ3v) is 3.09. The lowest BCUT2D eigenvalue weighted by atomic mass is 10.3. The van der Waals surface area contributed by atoms with Crippen LogP contribution in [0.15, 0.2) is 23.1 Å². The Morgan fingerprint density at radius 2 is 2.36 bits per heavy atom. The van der Waals surface area contributed by atoms with E-state index < -0.39 is 0 Å². The van der Waals surface area contributed by atoms with Crippen molar-refractivity contribution < 1.29 is 4.39 Å². The molecule has 1 atom stereocenters. The van der Waals surface area contributed by atoms with Crippen LogP contribution in [-0.4, -0.2) is 5.25 Å². The van der Waals surface area contributed by atoms with Crippen LogP contribution in [-0.2, 0) is 0 Å². The van der Waals surface area contributed by atoms with Crippen LogP contribution in [0.1, 0.15) is 13.3 Å². The molecule has 0 aliphatic rings. The van der Waals surface area contributed by atoms with Crippen molar-refractivity contribution in [2.24, 2.45) is 0 Å². The molecule has 2 nitrogen and oxygen atoms in total. The second-order valence-electron chi connectivity index (χ2n) is 2.83. The van der Waals surface area contributed by atoms with Gasteiger partial charge in [-0.1, -0.05) is 6.92 Å². The average molecular weight is 210 g/mol. The van der Waals surface area contributed by atoms with E-state index in [1.807, 2.05) is 6.92 Å². The number of rotatable bonds is 3. The SMILES string of the molecule is CCC(C#N)Sc1cc(F)ccc1N. The zero-order chi connectivity index (χ0) is 10.6. The lowest BCUT2D eigenvalue weighted by Crippen LogP contribution is -1.98. The molecule has 14 heavy (non-hydrogen) atoms. The molecule has 1 unspecified atom stereocenters. The second-order valence-corrected chi connectivity index (χ2v) is 4.07. The second kappa shape index (κ2) is 4.87. The molecular formula is C10H11FN2S. The fourth-order valence-corrected chi connectivity index (χ4v) is 1.88. The van der Waals surface area contributed by atoms with Crippen LogP contribution in [0.5, 0.6) is 0 Å². The lowest BCUT2D eigenvalue weighted by Gasteiger charge is -2.08. The first-order chi connectivity index (χ1) is 6.67. The van der Waals surface area contributed by atoms with Gasteiger partial charge in [-0.25, -0.2) is 4.39 Å². The van der Waals surface area contributed by atoms with Gasteiger partial charge in [0.1, 0.15) is 5.82 Å². The van der Waals surface area contributed by atoms with Gasteiger partial charge in [0.2, 0.25) is 0 Å². The summed E-state index contributed by atoms with van der Waals surface area (Å²) >= 11 is 1.30. The molecule has 2 N–H and O–H groups in total. The van der Waals surface area contributed by atoms with Gasteiger partial charge in [-0.2, -0.15) is 5.26 Å². The number of anilines is 1. The summed E-state index contributed by atoms with van der Waals surface area (Å²) in [4.78, 5) is 0.637. The highest BCUT2D eigenvalue weighted by Gasteiger charge is 2.09. The Morgan fingerprint density at radius 3 is 2.93 bits per heavy atom. The Bertz CT molecular complexity index is 360. The number of hydrogen-bond donors (Lipinski definition) is 1. The van der Waals surface area contributed by atoms with E-state index >= 15 is 0 Å². The molecule has 0 aromatic heterocycles. The Kier molecular flexibility index (Phi) is 3.78. The van der Waals surface area contributed by atoms with Gasteiger partial charge in [0.05, 0.1) is 11.3 Å². The highest BCUT2D eigenvalue weighted by Crippen LogP contribution is 2.30. The lowest BCUT2D eigenvalue weighted by molar-refractivity contribution is 0.624. The van der Waals surface area contributed by atoms with Crippen molar-refractivity contribution in [3.63, 3.8) is 0 Å². The molecule has 4 heteroatoms. The molecule has 0 aliphatic carbocycles. The molecule has 0 saturated heterocycles. The molecule has 0 heterocycles. The minimum absolute atomic E-state index is 0.168. The Labute approximate surface area is 86.9 Å². The summed E-state index contributed by atoms with van der Waals surface area (Å²) in [5, 5.41) is 8.57. The topological polar surface area (TPSA) is 49.8 Å². The maximum absolute atomic E-state index is 12.9. The van der Waals surface area contributed by atoms with Crippen molar-refractivity contribution >= 4 is 17.4 Å². The number of nitriles is 1. The highest BCUT2D eigenvalue weighted by molar-refractivity contribution is 8.00. The summed E-state index contributed by atoms with van der Waals surface area (Å²) in [6.07, 6.45) is 0.719. The maximum Gasteiger partial charge on any atom is 0.124 e. The van der Waals surface area contributed by atoms with Gasteiger partial charge in [0.15, 0.2) is 0 Å². The van der Waals surface area contributed by atoms with Crippen LogP contribution < -0.4 is 5.73 Å². The smallest absolute Gasteiger partial charge is 0.124 e. The Morgan fingerprint density at radius 1 is 1.64 bits per heavy atom. The van der Waals surface area contributed by atoms with Crippen LogP contribution >= 0.6 is 11.8 Å². The molecule has 0 amide bonds. The van der Waals surface area contributed by atoms with Gasteiger partial charge >= 0.3 is 0 Å². The fraction of sp³-hybridized carbons (Fsp3) is 0.300. The van der Waals surface area contributed by atoms with Gasteiger partial charge in [-0.15, -0.1) is 11.8 Å². The van der Waals surface area contributed by atoms with Crippen LogP contribution in [0.2, 0.25) is 0 Å². The van der Waals surface area contributed by atoms with E-state index in [1.54, 1.807) is 0 Å². The minimum Gasteiger partial charge on any atom is -0.398 e. The number of benzene rings is 1. The van der Waals surface area contributed by atoms with Crippen molar-refractivity contribution in [3.8, 4) is 6.07 Å². The largest absolute Gasteiger partial charge is 0.398 e. The van der Waals surface area contributed by atoms with Crippen molar-refractivity contribution in [2.45, 2.75) is 23.5 Å². The molecule has 0 saturated carbocycles. The number of nitrogens with zero attached hydrogens (tertiary/aromatic N) is 1. The van der Waals surface area contributed by atoms with Gasteiger partial charge in [0.25, 0.3) is 0 Å². The maximum atomic E-state index is 12.9. The quantitative estimate of drug-likeness (QED) is 0.616. The van der Waals surface area contributed by atoms with Crippen molar-refractivity contribution in [3.05, 3.63) is 24.0 Å². The summed E-state index contributed by atoms with van der Waals surface area (Å²) < 4.78 is 12.9. The van der Waals surface area contributed by atoms with Crippen LogP contribution in [0.3, 0.4) is 0 Å². The van der Waals surface area contributed by atoms with Gasteiger partial charge < -0.3 is 5.73 Å². The van der Waals surface area contributed by atoms with E-state index in [-0.39, 0.29) is 11.1 Å². The number of hydrogen-bond acceptors (Lipinski definition) is 3. The molecule has 0 spiro atoms. The molecular weight excluding hydrogens is 199 g/mol. The molecule has 0 radical (unpaired) electrons. The predicted octanol–water partition coefficient (Wildman–Crippen LogP) is 2.80. The van der Waals surface area contributed by atoms with E-state index in [2.05, 4.69) is 6.07 Å². The summed E-state index contributed by atoms with van der Waals surface area (Å²) in [7, 11) is 0. The van der Waals surface area contributed by atoms with Crippen molar-refractivity contribution in [1.82, 2.24) is 0 Å². The first-order valence-corrected chi connectivity index (χ1v) is 5.16. The first-order valence-electron chi connectivity index (χ1n) is 4.28. The average Bonchev–Trinajstić information content (AvgIpc) is 2.19. The molecule has 1 aromatic rings. The number of nitrogen functional groups attached to an aromatic ring is 1. The van der Waals surface area contributed by atoms with E-state index in [9.17, 15) is 4.39 Å². The monoisotopic (exact) mass is 210 g/mol. The number of nitrogens with two attached hydrogens (primary N) is 1. The van der Waals surface area contributed by atoms with Gasteiger partial charge in [0, 0.05) is 10.6 Å². The zero-order valence-corrected chi connectivity index (χ0v) is 8.64. The standard InChI is InChI=1S/C10H11FN2S/c1-2-8(6-12)14-10-5-7(11)3-4-9(10)13/h3-5,8H,2,13H2,1H3. The highest BCUT2D eigenvalue weighted by atomic mass is 32.2. The molecule has 74 valence electrons. The normalized spacial score (nSPS) is 12.1. The van der Waals surface area contributed by atoms with E-state index in [0.29, 0.717) is 10.6 Å². The molecule has 0 fully saturated rings. The third kappa shape index (κ3) is 2.64. The fourth-order valence-electron chi connectivity index (χ4n) is 0.965. The molecule has 0 aliphatic heterocycles. The predicted molar refractivity (Wildman–Crippen MR) is 56.4 cm³/mol. The van der Waals surface area contributed by atoms with Crippen LogP contribution in [0.25, 0.3) is 0 Å². The van der Waals surface area contributed by atoms with Gasteiger partial charge in [-0.05, 0) is 24.6 Å². The first kappa shape index (κ1) is 10.9. The van der Waals surface area contributed by atoms with Crippen molar-refractivity contribution in [1.29, 1.82) is 5.26 Å². The van der Waals surface area contributed by atoms with E-state index in [4.69, 9.17) is 11.0 Å². The van der Waals surface area contributed by atoms with E-state index in [0.717, 1.165) is 6.42 Å². The summed E-state index contributed by atoms with van der Waals surface area (Å²) in [6, 6.07) is 6.32.